The van der Waals surface area contributed by atoms with E-state index in [1.807, 2.05) is 38.4 Å². The van der Waals surface area contributed by atoms with E-state index >= 15 is 0 Å². The number of hydrogen-bond acceptors (Lipinski definition) is 3. The third-order valence-corrected chi connectivity index (χ3v) is 3.31. The van der Waals surface area contributed by atoms with Crippen LogP contribution in [-0.2, 0) is 11.2 Å². The molecule has 0 aliphatic rings. The lowest BCUT2D eigenvalue weighted by Crippen LogP contribution is -2.43. The molecule has 0 radical (unpaired) electrons. The fourth-order valence-electron chi connectivity index (χ4n) is 2.27. The number of benzene rings is 1. The van der Waals surface area contributed by atoms with Crippen molar-refractivity contribution in [1.82, 2.24) is 10.2 Å². The fourth-order valence-corrected chi connectivity index (χ4v) is 2.42. The first kappa shape index (κ1) is 17.1. The Morgan fingerprint density at radius 1 is 1.25 bits per heavy atom. The van der Waals surface area contributed by atoms with E-state index < -0.39 is 0 Å². The summed E-state index contributed by atoms with van der Waals surface area (Å²) in [5, 5.41) is 3.14. The molecule has 4 heteroatoms. The van der Waals surface area contributed by atoms with Gasteiger partial charge in [0.1, 0.15) is 0 Å². The van der Waals surface area contributed by atoms with Crippen LogP contribution < -0.4 is 5.32 Å². The second-order valence-corrected chi connectivity index (χ2v) is 6.52. The van der Waals surface area contributed by atoms with Crippen molar-refractivity contribution >= 4 is 18.5 Å². The van der Waals surface area contributed by atoms with Gasteiger partial charge in [-0.15, -0.1) is 12.6 Å². The first-order chi connectivity index (χ1) is 9.36. The minimum Gasteiger partial charge on any atom is -0.352 e. The summed E-state index contributed by atoms with van der Waals surface area (Å²) < 4.78 is 0. The SMILES string of the molecule is CC(C)CC(CN(C)C)NC(=O)Cc1ccc(S)cc1. The predicted molar refractivity (Wildman–Crippen MR) is 87.3 cm³/mol. The highest BCUT2D eigenvalue weighted by Crippen LogP contribution is 2.09. The van der Waals surface area contributed by atoms with Crippen LogP contribution in [0, 0.1) is 5.92 Å². The van der Waals surface area contributed by atoms with Crippen LogP contribution in [-0.4, -0.2) is 37.5 Å². The molecular weight excluding hydrogens is 268 g/mol. The van der Waals surface area contributed by atoms with Crippen LogP contribution in [0.15, 0.2) is 29.2 Å². The van der Waals surface area contributed by atoms with Crippen molar-refractivity contribution < 1.29 is 4.79 Å². The van der Waals surface area contributed by atoms with Gasteiger partial charge in [0.15, 0.2) is 0 Å². The molecular formula is C16H26N2OS. The Hall–Kier alpha value is -1.00. The summed E-state index contributed by atoms with van der Waals surface area (Å²) in [6.45, 7) is 5.24. The van der Waals surface area contributed by atoms with Crippen LogP contribution in [0.5, 0.6) is 0 Å². The minimum atomic E-state index is 0.0874. The van der Waals surface area contributed by atoms with Gasteiger partial charge in [-0.1, -0.05) is 26.0 Å². The van der Waals surface area contributed by atoms with E-state index in [-0.39, 0.29) is 11.9 Å². The highest BCUT2D eigenvalue weighted by Gasteiger charge is 2.15. The van der Waals surface area contributed by atoms with Crippen molar-refractivity contribution in [2.24, 2.45) is 5.92 Å². The maximum atomic E-state index is 12.1. The maximum Gasteiger partial charge on any atom is 0.224 e. The average molecular weight is 294 g/mol. The van der Waals surface area contributed by atoms with Gasteiger partial charge in [-0.05, 0) is 44.1 Å². The van der Waals surface area contributed by atoms with Gasteiger partial charge in [-0.2, -0.15) is 0 Å². The number of carbonyl (C=O) groups excluding carboxylic acids is 1. The molecule has 0 spiro atoms. The van der Waals surface area contributed by atoms with E-state index in [4.69, 9.17) is 0 Å². The van der Waals surface area contributed by atoms with Crippen molar-refractivity contribution in [3.63, 3.8) is 0 Å². The molecule has 1 aromatic rings. The summed E-state index contributed by atoms with van der Waals surface area (Å²) >= 11 is 4.25. The lowest BCUT2D eigenvalue weighted by Gasteiger charge is -2.24. The zero-order valence-corrected chi connectivity index (χ0v) is 13.8. The third kappa shape index (κ3) is 6.96. The summed E-state index contributed by atoms with van der Waals surface area (Å²) in [5.41, 5.74) is 1.02. The van der Waals surface area contributed by atoms with E-state index in [9.17, 15) is 4.79 Å². The molecule has 0 aromatic heterocycles. The van der Waals surface area contributed by atoms with Crippen LogP contribution >= 0.6 is 12.6 Å². The number of thiol groups is 1. The average Bonchev–Trinajstić information content (AvgIpc) is 2.30. The zero-order chi connectivity index (χ0) is 15.1. The Bertz CT molecular complexity index is 405. The molecule has 20 heavy (non-hydrogen) atoms. The molecule has 3 nitrogen and oxygen atoms in total. The van der Waals surface area contributed by atoms with Gasteiger partial charge >= 0.3 is 0 Å². The molecule has 1 amide bonds. The Morgan fingerprint density at radius 3 is 2.35 bits per heavy atom. The highest BCUT2D eigenvalue weighted by molar-refractivity contribution is 7.80. The molecule has 0 saturated heterocycles. The molecule has 112 valence electrons. The van der Waals surface area contributed by atoms with Crippen molar-refractivity contribution in [3.8, 4) is 0 Å². The summed E-state index contributed by atoms with van der Waals surface area (Å²) in [5.74, 6) is 0.660. The minimum absolute atomic E-state index is 0.0874. The van der Waals surface area contributed by atoms with E-state index in [1.54, 1.807) is 0 Å². The van der Waals surface area contributed by atoms with Gasteiger partial charge in [-0.3, -0.25) is 4.79 Å². The van der Waals surface area contributed by atoms with Crippen LogP contribution in [0.3, 0.4) is 0 Å². The lowest BCUT2D eigenvalue weighted by molar-refractivity contribution is -0.121. The van der Waals surface area contributed by atoms with Gasteiger partial charge in [0.25, 0.3) is 0 Å². The molecule has 0 heterocycles. The molecule has 1 atom stereocenters. The highest BCUT2D eigenvalue weighted by atomic mass is 32.1. The van der Waals surface area contributed by atoms with Gasteiger partial charge in [0.2, 0.25) is 5.91 Å². The Morgan fingerprint density at radius 2 is 1.85 bits per heavy atom. The summed E-state index contributed by atoms with van der Waals surface area (Å²) in [4.78, 5) is 15.2. The third-order valence-electron chi connectivity index (χ3n) is 3.01. The van der Waals surface area contributed by atoms with Gasteiger partial charge in [0.05, 0.1) is 6.42 Å². The van der Waals surface area contributed by atoms with Crippen LogP contribution in [0.25, 0.3) is 0 Å². The van der Waals surface area contributed by atoms with E-state index in [2.05, 4.69) is 36.7 Å². The van der Waals surface area contributed by atoms with Gasteiger partial charge in [-0.25, -0.2) is 0 Å². The molecule has 0 fully saturated rings. The quantitative estimate of drug-likeness (QED) is 0.758. The number of nitrogens with zero attached hydrogens (tertiary/aromatic N) is 1. The number of nitrogens with one attached hydrogen (secondary N) is 1. The summed E-state index contributed by atoms with van der Waals surface area (Å²) in [6, 6.07) is 7.94. The molecule has 1 unspecified atom stereocenters. The molecule has 1 rings (SSSR count). The number of rotatable bonds is 7. The molecule has 0 saturated carbocycles. The number of amides is 1. The van der Waals surface area contributed by atoms with Crippen LogP contribution in [0.4, 0.5) is 0 Å². The zero-order valence-electron chi connectivity index (χ0n) is 12.9. The Labute approximate surface area is 128 Å². The molecule has 0 bridgehead atoms. The van der Waals surface area contributed by atoms with Crippen molar-refractivity contribution in [3.05, 3.63) is 29.8 Å². The molecule has 0 aliphatic heterocycles. The monoisotopic (exact) mass is 294 g/mol. The smallest absolute Gasteiger partial charge is 0.224 e. The molecule has 1 N–H and O–H groups in total. The first-order valence-electron chi connectivity index (χ1n) is 7.08. The second kappa shape index (κ2) is 8.32. The number of likely N-dealkylation sites (N-methyl/N-ethyl adjacent to an activating group) is 1. The second-order valence-electron chi connectivity index (χ2n) is 6.00. The van der Waals surface area contributed by atoms with Crippen LogP contribution in [0.1, 0.15) is 25.8 Å². The Balaban J connectivity index is 2.54. The topological polar surface area (TPSA) is 32.3 Å². The normalized spacial score (nSPS) is 12.8. The number of carbonyl (C=O) groups is 1. The van der Waals surface area contributed by atoms with Gasteiger partial charge in [0, 0.05) is 17.5 Å². The Kier molecular flexibility index (Phi) is 7.10. The lowest BCUT2D eigenvalue weighted by atomic mass is 10.0. The van der Waals surface area contributed by atoms with E-state index in [0.717, 1.165) is 23.4 Å². The van der Waals surface area contributed by atoms with E-state index in [0.29, 0.717) is 12.3 Å². The molecule has 0 aliphatic carbocycles. The van der Waals surface area contributed by atoms with Crippen molar-refractivity contribution in [2.75, 3.05) is 20.6 Å². The van der Waals surface area contributed by atoms with Crippen LogP contribution in [0.2, 0.25) is 0 Å². The summed E-state index contributed by atoms with van der Waals surface area (Å²) in [6.07, 6.45) is 1.43. The standard InChI is InChI=1S/C16H26N2OS/c1-12(2)9-14(11-18(3)4)17-16(19)10-13-5-7-15(20)8-6-13/h5-8,12,14,20H,9-11H2,1-4H3,(H,17,19). The molecule has 1 aromatic carbocycles. The van der Waals surface area contributed by atoms with E-state index in [1.165, 1.54) is 0 Å². The largest absolute Gasteiger partial charge is 0.352 e. The summed E-state index contributed by atoms with van der Waals surface area (Å²) in [7, 11) is 4.07. The van der Waals surface area contributed by atoms with Crippen molar-refractivity contribution in [2.45, 2.75) is 37.6 Å². The van der Waals surface area contributed by atoms with Gasteiger partial charge < -0.3 is 10.2 Å². The van der Waals surface area contributed by atoms with Crippen molar-refractivity contribution in [1.29, 1.82) is 0 Å². The maximum absolute atomic E-state index is 12.1. The fraction of sp³-hybridized carbons (Fsp3) is 0.562. The first-order valence-corrected chi connectivity index (χ1v) is 7.53. The number of hydrogen-bond donors (Lipinski definition) is 2. The predicted octanol–water partition coefficient (Wildman–Crippen LogP) is 2.61.